The number of amides is 2. The summed E-state index contributed by atoms with van der Waals surface area (Å²) in [6, 6.07) is 18.7. The van der Waals surface area contributed by atoms with Crippen LogP contribution in [0.5, 0.6) is 11.5 Å². The van der Waals surface area contributed by atoms with Gasteiger partial charge in [-0.2, -0.15) is 5.10 Å². The Labute approximate surface area is 193 Å². The third-order valence-corrected chi connectivity index (χ3v) is 5.20. The summed E-state index contributed by atoms with van der Waals surface area (Å²) in [7, 11) is 1.57. The van der Waals surface area contributed by atoms with Crippen molar-refractivity contribution in [3.8, 4) is 11.5 Å². The van der Waals surface area contributed by atoms with Crippen LogP contribution < -0.4 is 20.2 Å². The zero-order chi connectivity index (χ0) is 23.6. The molecule has 0 saturated heterocycles. The Morgan fingerprint density at radius 2 is 1.79 bits per heavy atom. The Balaban J connectivity index is 1.68. The summed E-state index contributed by atoms with van der Waals surface area (Å²) in [6.07, 6.45) is 3.54. The number of rotatable bonds is 10. The number of ether oxygens (including phenoxy) is 2. The van der Waals surface area contributed by atoms with Gasteiger partial charge in [-0.3, -0.25) is 9.59 Å². The van der Waals surface area contributed by atoms with Gasteiger partial charge in [-0.05, 0) is 54.4 Å². The minimum Gasteiger partial charge on any atom is -0.497 e. The Morgan fingerprint density at radius 3 is 2.52 bits per heavy atom. The lowest BCUT2D eigenvalue weighted by molar-refractivity contribution is -0.131. The van der Waals surface area contributed by atoms with E-state index in [2.05, 4.69) is 22.8 Å². The fourth-order valence-electron chi connectivity index (χ4n) is 3.16. The largest absolute Gasteiger partial charge is 0.497 e. The van der Waals surface area contributed by atoms with Crippen LogP contribution in [0.25, 0.3) is 10.8 Å². The van der Waals surface area contributed by atoms with E-state index in [1.54, 1.807) is 37.6 Å². The van der Waals surface area contributed by atoms with E-state index in [0.29, 0.717) is 23.8 Å². The van der Waals surface area contributed by atoms with Crippen LogP contribution in [0.4, 0.5) is 5.69 Å². The first kappa shape index (κ1) is 23.8. The van der Waals surface area contributed by atoms with E-state index in [-0.39, 0.29) is 0 Å². The molecule has 0 heterocycles. The summed E-state index contributed by atoms with van der Waals surface area (Å²) in [4.78, 5) is 24.9. The van der Waals surface area contributed by atoms with Gasteiger partial charge in [0.15, 0.2) is 0 Å². The van der Waals surface area contributed by atoms with Crippen LogP contribution in [-0.2, 0) is 9.59 Å². The number of hydrogen-bond acceptors (Lipinski definition) is 5. The van der Waals surface area contributed by atoms with Crippen molar-refractivity contribution >= 4 is 34.5 Å². The van der Waals surface area contributed by atoms with Gasteiger partial charge in [0, 0.05) is 11.3 Å². The highest BCUT2D eigenvalue weighted by Gasteiger charge is 2.21. The van der Waals surface area contributed by atoms with E-state index >= 15 is 0 Å². The molecule has 1 unspecified atom stereocenters. The third-order valence-electron chi connectivity index (χ3n) is 5.20. The van der Waals surface area contributed by atoms with Crippen molar-refractivity contribution < 1.29 is 19.1 Å². The molecule has 0 aliphatic rings. The molecule has 0 saturated carbocycles. The lowest BCUT2D eigenvalue weighted by atomic mass is 10.0. The van der Waals surface area contributed by atoms with Crippen LogP contribution in [0, 0.1) is 5.92 Å². The first-order chi connectivity index (χ1) is 16.0. The van der Waals surface area contributed by atoms with Crippen LogP contribution in [-0.4, -0.2) is 31.7 Å². The summed E-state index contributed by atoms with van der Waals surface area (Å²) in [5.74, 6) is -0.491. The van der Waals surface area contributed by atoms with Gasteiger partial charge >= 0.3 is 0 Å². The molecule has 2 N–H and O–H groups in total. The fraction of sp³-hybridized carbons (Fsp3) is 0.269. The number of nitrogens with zero attached hydrogens (tertiary/aromatic N) is 1. The molecule has 7 nitrogen and oxygen atoms in total. The molecule has 0 aromatic heterocycles. The lowest BCUT2D eigenvalue weighted by Crippen LogP contribution is -2.34. The number of methoxy groups -OCH3 is 1. The maximum atomic E-state index is 12.5. The topological polar surface area (TPSA) is 89.0 Å². The van der Waals surface area contributed by atoms with Crippen molar-refractivity contribution in [3.05, 3.63) is 66.2 Å². The van der Waals surface area contributed by atoms with Crippen molar-refractivity contribution in [1.29, 1.82) is 0 Å². The van der Waals surface area contributed by atoms with E-state index in [1.807, 2.05) is 36.4 Å². The zero-order valence-electron chi connectivity index (χ0n) is 19.1. The van der Waals surface area contributed by atoms with Crippen molar-refractivity contribution in [3.63, 3.8) is 0 Å². The molecule has 0 bridgehead atoms. The predicted octanol–water partition coefficient (Wildman–Crippen LogP) is 4.75. The number of carbonyl (C=O) groups excluding carboxylic acids is 2. The van der Waals surface area contributed by atoms with Crippen LogP contribution in [0.1, 0.15) is 32.3 Å². The second-order valence-electron chi connectivity index (χ2n) is 7.57. The number of fused-ring (bicyclic) bond motifs is 1. The van der Waals surface area contributed by atoms with Crippen LogP contribution in [0.2, 0.25) is 0 Å². The summed E-state index contributed by atoms with van der Waals surface area (Å²) in [6.45, 7) is 4.24. The van der Waals surface area contributed by atoms with Crippen molar-refractivity contribution in [1.82, 2.24) is 5.43 Å². The molecule has 3 aromatic carbocycles. The molecule has 3 rings (SSSR count). The summed E-state index contributed by atoms with van der Waals surface area (Å²) in [5.41, 5.74) is 3.82. The number of hydrogen-bond donors (Lipinski definition) is 2. The Morgan fingerprint density at radius 1 is 1.03 bits per heavy atom. The summed E-state index contributed by atoms with van der Waals surface area (Å²) < 4.78 is 11.0. The number of nitrogens with one attached hydrogen (secondary N) is 2. The average Bonchev–Trinajstić information content (AvgIpc) is 2.84. The molecule has 33 heavy (non-hydrogen) atoms. The van der Waals surface area contributed by atoms with Crippen molar-refractivity contribution in [2.45, 2.75) is 26.7 Å². The SMILES string of the molecule is CCCCOc1ccc2ccccc2c1C=NNC(=O)C(C)C(=O)Nc1ccc(OC)cc1. The molecule has 0 aliphatic heterocycles. The maximum absolute atomic E-state index is 12.5. The Hall–Kier alpha value is -3.87. The van der Waals surface area contributed by atoms with E-state index in [9.17, 15) is 9.59 Å². The summed E-state index contributed by atoms with van der Waals surface area (Å²) >= 11 is 0. The van der Waals surface area contributed by atoms with E-state index in [4.69, 9.17) is 9.47 Å². The minimum absolute atomic E-state index is 0.429. The van der Waals surface area contributed by atoms with E-state index in [0.717, 1.165) is 29.2 Å². The first-order valence-corrected chi connectivity index (χ1v) is 11.0. The van der Waals surface area contributed by atoms with Gasteiger partial charge in [-0.25, -0.2) is 5.43 Å². The average molecular weight is 448 g/mol. The smallest absolute Gasteiger partial charge is 0.252 e. The monoisotopic (exact) mass is 447 g/mol. The molecule has 7 heteroatoms. The Kier molecular flexibility index (Phi) is 8.41. The minimum atomic E-state index is -0.933. The third kappa shape index (κ3) is 6.32. The molecule has 0 fully saturated rings. The first-order valence-electron chi connectivity index (χ1n) is 11.0. The van der Waals surface area contributed by atoms with Gasteiger partial charge in [0.25, 0.3) is 5.91 Å². The number of carbonyl (C=O) groups is 2. The highest BCUT2D eigenvalue weighted by molar-refractivity contribution is 6.07. The molecule has 172 valence electrons. The normalized spacial score (nSPS) is 11.8. The molecular formula is C26H29N3O4. The van der Waals surface area contributed by atoms with Crippen molar-refractivity contribution in [2.75, 3.05) is 19.0 Å². The van der Waals surface area contributed by atoms with Gasteiger partial charge in [0.2, 0.25) is 5.91 Å². The lowest BCUT2D eigenvalue weighted by Gasteiger charge is -2.12. The predicted molar refractivity (Wildman–Crippen MR) is 131 cm³/mol. The van der Waals surface area contributed by atoms with E-state index in [1.165, 1.54) is 6.92 Å². The summed E-state index contributed by atoms with van der Waals surface area (Å²) in [5, 5.41) is 8.84. The highest BCUT2D eigenvalue weighted by Crippen LogP contribution is 2.27. The second-order valence-corrected chi connectivity index (χ2v) is 7.57. The van der Waals surface area contributed by atoms with Gasteiger partial charge in [0.05, 0.1) is 19.9 Å². The molecule has 1 atom stereocenters. The van der Waals surface area contributed by atoms with Gasteiger partial charge < -0.3 is 14.8 Å². The van der Waals surface area contributed by atoms with Gasteiger partial charge in [0.1, 0.15) is 17.4 Å². The maximum Gasteiger partial charge on any atom is 0.252 e. The molecule has 0 spiro atoms. The van der Waals surface area contributed by atoms with Crippen LogP contribution >= 0.6 is 0 Å². The number of anilines is 1. The zero-order valence-corrected chi connectivity index (χ0v) is 19.1. The standard InChI is InChI=1S/C26H29N3O4/c1-4-5-16-33-24-15-10-19-8-6-7-9-22(19)23(24)17-27-29-26(31)18(2)25(30)28-20-11-13-21(32-3)14-12-20/h6-15,17-18H,4-5,16H2,1-3H3,(H,28,30)(H,29,31). The second kappa shape index (κ2) is 11.7. The quantitative estimate of drug-likeness (QED) is 0.203. The fourth-order valence-corrected chi connectivity index (χ4v) is 3.16. The molecule has 0 aliphatic carbocycles. The number of benzene rings is 3. The Bertz CT molecular complexity index is 1130. The van der Waals surface area contributed by atoms with E-state index < -0.39 is 17.7 Å². The molecular weight excluding hydrogens is 418 g/mol. The van der Waals surface area contributed by atoms with Crippen molar-refractivity contribution in [2.24, 2.45) is 11.0 Å². The molecule has 2 amide bonds. The molecule has 3 aromatic rings. The van der Waals surface area contributed by atoms with Gasteiger partial charge in [-0.15, -0.1) is 0 Å². The molecule has 0 radical (unpaired) electrons. The van der Waals surface area contributed by atoms with Gasteiger partial charge in [-0.1, -0.05) is 43.7 Å². The number of unbranched alkanes of at least 4 members (excludes halogenated alkanes) is 1. The highest BCUT2D eigenvalue weighted by atomic mass is 16.5. The number of hydrazone groups is 1. The van der Waals surface area contributed by atoms with Crippen LogP contribution in [0.3, 0.4) is 0 Å². The van der Waals surface area contributed by atoms with Crippen LogP contribution in [0.15, 0.2) is 65.8 Å².